The topological polar surface area (TPSA) is 83.5 Å². The Morgan fingerprint density at radius 1 is 1.17 bits per heavy atom. The second-order valence-electron chi connectivity index (χ2n) is 6.69. The average Bonchev–Trinajstić information content (AvgIpc) is 3.20. The van der Waals surface area contributed by atoms with Crippen LogP contribution in [-0.4, -0.2) is 36.5 Å². The van der Waals surface area contributed by atoms with Gasteiger partial charge in [-0.1, -0.05) is 11.6 Å². The zero-order valence-electron chi connectivity index (χ0n) is 16.8. The first kappa shape index (κ1) is 21.6. The van der Waals surface area contributed by atoms with Gasteiger partial charge in [0.15, 0.2) is 0 Å². The highest BCUT2D eigenvalue weighted by Crippen LogP contribution is 2.29. The molecule has 2 heterocycles. The smallest absolute Gasteiger partial charge is 0.271 e. The number of amides is 2. The number of imide groups is 1. The Morgan fingerprint density at radius 3 is 2.57 bits per heavy atom. The fraction of sp³-hybridized carbons (Fsp3) is 0.261. The van der Waals surface area contributed by atoms with Crippen LogP contribution in [0.4, 0.5) is 0 Å². The number of hydrogen-bond acceptors (Lipinski definition) is 5. The maximum absolute atomic E-state index is 13.0. The van der Waals surface area contributed by atoms with Gasteiger partial charge in [-0.15, -0.1) is 0 Å². The van der Waals surface area contributed by atoms with Crippen LogP contribution in [0.2, 0.25) is 5.02 Å². The van der Waals surface area contributed by atoms with E-state index >= 15 is 0 Å². The first-order chi connectivity index (χ1) is 14.5. The van der Waals surface area contributed by atoms with Crippen molar-refractivity contribution in [2.24, 2.45) is 0 Å². The molecule has 1 aromatic heterocycles. The summed E-state index contributed by atoms with van der Waals surface area (Å²) in [6.07, 6.45) is 2.06. The van der Waals surface area contributed by atoms with Gasteiger partial charge in [-0.3, -0.25) is 14.5 Å². The third kappa shape index (κ3) is 4.54. The molecule has 0 N–H and O–H groups in total. The quantitative estimate of drug-likeness (QED) is 0.368. The Morgan fingerprint density at radius 2 is 1.90 bits per heavy atom. The molecule has 0 saturated heterocycles. The van der Waals surface area contributed by atoms with E-state index in [2.05, 4.69) is 0 Å². The van der Waals surface area contributed by atoms with Crippen molar-refractivity contribution in [2.45, 2.75) is 20.3 Å². The van der Waals surface area contributed by atoms with E-state index in [1.54, 1.807) is 37.3 Å². The minimum Gasteiger partial charge on any atom is -0.457 e. The number of halogens is 1. The van der Waals surface area contributed by atoms with E-state index < -0.39 is 11.8 Å². The number of benzene rings is 1. The van der Waals surface area contributed by atoms with Crippen LogP contribution in [-0.2, 0) is 14.3 Å². The molecule has 154 valence electrons. The molecule has 1 aliphatic rings. The van der Waals surface area contributed by atoms with Gasteiger partial charge in [0.25, 0.3) is 11.8 Å². The number of ether oxygens (including phenoxy) is 1. The molecule has 30 heavy (non-hydrogen) atoms. The minimum atomic E-state index is -0.574. The van der Waals surface area contributed by atoms with Gasteiger partial charge >= 0.3 is 0 Å². The Kier molecular flexibility index (Phi) is 6.88. The molecular weight excluding hydrogens is 404 g/mol. The van der Waals surface area contributed by atoms with Crippen LogP contribution in [0.5, 0.6) is 0 Å². The number of furan rings is 1. The predicted molar refractivity (Wildman–Crippen MR) is 113 cm³/mol. The van der Waals surface area contributed by atoms with E-state index in [1.807, 2.05) is 25.1 Å². The molecule has 1 aromatic carbocycles. The molecule has 0 bridgehead atoms. The second-order valence-corrected chi connectivity index (χ2v) is 7.13. The van der Waals surface area contributed by atoms with Crippen LogP contribution < -0.4 is 0 Å². The van der Waals surface area contributed by atoms with Crippen LogP contribution >= 0.6 is 11.6 Å². The molecule has 0 saturated carbocycles. The van der Waals surface area contributed by atoms with Gasteiger partial charge in [0.05, 0.1) is 0 Å². The summed E-state index contributed by atoms with van der Waals surface area (Å²) in [6.45, 7) is 4.64. The monoisotopic (exact) mass is 424 g/mol. The van der Waals surface area contributed by atoms with Gasteiger partial charge in [-0.2, -0.15) is 5.26 Å². The number of nitrogens with zero attached hydrogens (tertiary/aromatic N) is 2. The number of carbonyl (C=O) groups is 2. The molecule has 6 nitrogen and oxygen atoms in total. The van der Waals surface area contributed by atoms with Gasteiger partial charge in [-0.05, 0) is 68.3 Å². The molecule has 0 radical (unpaired) electrons. The van der Waals surface area contributed by atoms with E-state index in [1.165, 1.54) is 0 Å². The molecule has 0 atom stereocenters. The Labute approximate surface area is 180 Å². The van der Waals surface area contributed by atoms with E-state index in [0.29, 0.717) is 41.8 Å². The molecule has 2 aromatic rings. The van der Waals surface area contributed by atoms with Gasteiger partial charge < -0.3 is 9.15 Å². The molecular formula is C23H21ClN2O4. The molecule has 3 rings (SSSR count). The SMILES string of the molecule is CCOCCCN1C(=O)C(C#N)=C(C)/C(=C\c2ccc(-c3ccc(Cl)cc3)o2)C1=O. The summed E-state index contributed by atoms with van der Waals surface area (Å²) in [4.78, 5) is 26.7. The molecule has 1 aliphatic heterocycles. The Balaban J connectivity index is 1.91. The predicted octanol–water partition coefficient (Wildman–Crippen LogP) is 4.62. The summed E-state index contributed by atoms with van der Waals surface area (Å²) in [5.41, 5.74) is 1.41. The Hall–Kier alpha value is -3.14. The summed E-state index contributed by atoms with van der Waals surface area (Å²) in [6, 6.07) is 12.7. The first-order valence-electron chi connectivity index (χ1n) is 9.59. The highest BCUT2D eigenvalue weighted by Gasteiger charge is 2.35. The molecule has 2 amide bonds. The van der Waals surface area contributed by atoms with Crippen molar-refractivity contribution in [1.29, 1.82) is 5.26 Å². The zero-order valence-corrected chi connectivity index (χ0v) is 17.5. The molecule has 0 aliphatic carbocycles. The molecule has 0 fully saturated rings. The summed E-state index contributed by atoms with van der Waals surface area (Å²) in [5, 5.41) is 10.1. The van der Waals surface area contributed by atoms with E-state index in [9.17, 15) is 14.9 Å². The van der Waals surface area contributed by atoms with E-state index in [0.717, 1.165) is 10.5 Å². The first-order valence-corrected chi connectivity index (χ1v) is 9.96. The maximum Gasteiger partial charge on any atom is 0.271 e. The van der Waals surface area contributed by atoms with Gasteiger partial charge in [-0.25, -0.2) is 0 Å². The van der Waals surface area contributed by atoms with Crippen LogP contribution in [0.3, 0.4) is 0 Å². The van der Waals surface area contributed by atoms with Crippen LogP contribution in [0, 0.1) is 11.3 Å². The summed E-state index contributed by atoms with van der Waals surface area (Å²) < 4.78 is 11.1. The molecule has 7 heteroatoms. The van der Waals surface area contributed by atoms with E-state index in [-0.39, 0.29) is 17.7 Å². The lowest BCUT2D eigenvalue weighted by atomic mass is 9.94. The van der Waals surface area contributed by atoms with Crippen molar-refractivity contribution in [2.75, 3.05) is 19.8 Å². The van der Waals surface area contributed by atoms with Crippen LogP contribution in [0.15, 0.2) is 57.5 Å². The average molecular weight is 425 g/mol. The summed E-state index contributed by atoms with van der Waals surface area (Å²) in [5.74, 6) is 0.0458. The number of hydrogen-bond donors (Lipinski definition) is 0. The van der Waals surface area contributed by atoms with E-state index in [4.69, 9.17) is 20.8 Å². The van der Waals surface area contributed by atoms with Crippen molar-refractivity contribution in [3.63, 3.8) is 0 Å². The van der Waals surface area contributed by atoms with Crippen molar-refractivity contribution in [3.8, 4) is 17.4 Å². The summed E-state index contributed by atoms with van der Waals surface area (Å²) in [7, 11) is 0. The van der Waals surface area contributed by atoms with Crippen LogP contribution in [0.25, 0.3) is 17.4 Å². The maximum atomic E-state index is 13.0. The fourth-order valence-electron chi connectivity index (χ4n) is 3.14. The van der Waals surface area contributed by atoms with Gasteiger partial charge in [0.1, 0.15) is 23.2 Å². The third-order valence-electron chi connectivity index (χ3n) is 4.74. The lowest BCUT2D eigenvalue weighted by Crippen LogP contribution is -2.43. The number of carbonyl (C=O) groups excluding carboxylic acids is 2. The minimum absolute atomic E-state index is 0.0401. The standard InChI is InChI=1S/C23H21ClN2O4/c1-3-29-12-4-11-26-22(27)19(15(2)20(14-25)23(26)28)13-18-9-10-21(30-18)16-5-7-17(24)8-6-16/h5-10,13H,3-4,11-12H2,1-2H3/b19-13+. The van der Waals surface area contributed by atoms with Gasteiger partial charge in [0.2, 0.25) is 0 Å². The van der Waals surface area contributed by atoms with Crippen molar-refractivity contribution >= 4 is 29.5 Å². The second kappa shape index (κ2) is 9.57. The normalized spacial score (nSPS) is 15.8. The highest BCUT2D eigenvalue weighted by atomic mass is 35.5. The fourth-order valence-corrected chi connectivity index (χ4v) is 3.27. The van der Waals surface area contributed by atoms with Crippen molar-refractivity contribution < 1.29 is 18.7 Å². The largest absolute Gasteiger partial charge is 0.457 e. The van der Waals surface area contributed by atoms with Crippen molar-refractivity contribution in [1.82, 2.24) is 4.90 Å². The number of rotatable bonds is 7. The lowest BCUT2D eigenvalue weighted by molar-refractivity contribution is -0.140. The third-order valence-corrected chi connectivity index (χ3v) is 4.99. The molecule has 0 spiro atoms. The Bertz CT molecular complexity index is 1060. The van der Waals surface area contributed by atoms with Gasteiger partial charge in [0, 0.05) is 35.9 Å². The highest BCUT2D eigenvalue weighted by molar-refractivity contribution is 6.30. The number of nitriles is 1. The lowest BCUT2D eigenvalue weighted by Gasteiger charge is -2.27. The molecule has 0 unspecified atom stereocenters. The van der Waals surface area contributed by atoms with Crippen molar-refractivity contribution in [3.05, 3.63) is 63.9 Å². The summed E-state index contributed by atoms with van der Waals surface area (Å²) >= 11 is 5.92. The van der Waals surface area contributed by atoms with Crippen LogP contribution in [0.1, 0.15) is 26.0 Å². The zero-order chi connectivity index (χ0) is 21.7.